The standard InChI is InChI=1S/C36H44F3N3O8/c1-33(2,3)49-31(45)35(32(46)50-34(4,5)6,16-17-42-30(44)27-21-25(36(37,38)39)9-12-28(27)40-41-42)22-29(43)24-7-10-26(11-8-24)48-20-15-23-13-18-47-19-14-23/h7-12,21,23H,13-20,22H2,1-6H3. The summed E-state index contributed by atoms with van der Waals surface area (Å²) in [5.41, 5.74) is -6.34. The van der Waals surface area contributed by atoms with Gasteiger partial charge in [0.2, 0.25) is 0 Å². The summed E-state index contributed by atoms with van der Waals surface area (Å²) in [6.45, 7) is 11.0. The molecule has 50 heavy (non-hydrogen) atoms. The lowest BCUT2D eigenvalue weighted by Crippen LogP contribution is -2.49. The first kappa shape index (κ1) is 38.5. The fourth-order valence-electron chi connectivity index (χ4n) is 5.46. The summed E-state index contributed by atoms with van der Waals surface area (Å²) >= 11 is 0. The van der Waals surface area contributed by atoms with Gasteiger partial charge >= 0.3 is 18.1 Å². The average molecular weight is 704 g/mol. The Labute approximate surface area is 288 Å². The molecule has 2 heterocycles. The number of hydrogen-bond donors (Lipinski definition) is 0. The van der Waals surface area contributed by atoms with E-state index in [9.17, 15) is 32.3 Å². The van der Waals surface area contributed by atoms with Gasteiger partial charge in [0.15, 0.2) is 11.2 Å². The van der Waals surface area contributed by atoms with E-state index in [-0.39, 0.29) is 16.5 Å². The molecule has 0 atom stereocenters. The van der Waals surface area contributed by atoms with E-state index < -0.39 is 71.0 Å². The lowest BCUT2D eigenvalue weighted by atomic mass is 9.78. The van der Waals surface area contributed by atoms with Gasteiger partial charge in [0.1, 0.15) is 22.5 Å². The normalized spacial score (nSPS) is 14.7. The Balaban J connectivity index is 1.65. The molecule has 0 saturated carbocycles. The van der Waals surface area contributed by atoms with Gasteiger partial charge in [-0.25, -0.2) is 4.68 Å². The average Bonchev–Trinajstić information content (AvgIpc) is 3.02. The van der Waals surface area contributed by atoms with Crippen molar-refractivity contribution in [1.82, 2.24) is 15.0 Å². The summed E-state index contributed by atoms with van der Waals surface area (Å²) in [5, 5.41) is 7.34. The van der Waals surface area contributed by atoms with Gasteiger partial charge in [-0.3, -0.25) is 19.2 Å². The van der Waals surface area contributed by atoms with Crippen molar-refractivity contribution in [3.8, 4) is 5.75 Å². The van der Waals surface area contributed by atoms with Crippen molar-refractivity contribution in [1.29, 1.82) is 0 Å². The zero-order chi connectivity index (χ0) is 36.9. The lowest BCUT2D eigenvalue weighted by molar-refractivity contribution is -0.186. The van der Waals surface area contributed by atoms with Crippen LogP contribution < -0.4 is 10.3 Å². The van der Waals surface area contributed by atoms with Crippen molar-refractivity contribution in [3.05, 3.63) is 63.9 Å². The van der Waals surface area contributed by atoms with E-state index in [4.69, 9.17) is 18.9 Å². The van der Waals surface area contributed by atoms with Crippen LogP contribution in [0.5, 0.6) is 5.75 Å². The summed E-state index contributed by atoms with van der Waals surface area (Å²) in [7, 11) is 0. The smallest absolute Gasteiger partial charge is 0.416 e. The van der Waals surface area contributed by atoms with E-state index in [2.05, 4.69) is 10.3 Å². The van der Waals surface area contributed by atoms with Gasteiger partial charge in [0.25, 0.3) is 5.56 Å². The molecule has 1 aromatic heterocycles. The maximum absolute atomic E-state index is 14.0. The highest BCUT2D eigenvalue weighted by atomic mass is 19.4. The number of alkyl halides is 3. The van der Waals surface area contributed by atoms with Crippen molar-refractivity contribution in [3.63, 3.8) is 0 Å². The van der Waals surface area contributed by atoms with Crippen LogP contribution in [0.4, 0.5) is 13.2 Å². The molecule has 1 aliphatic rings. The van der Waals surface area contributed by atoms with Crippen LogP contribution in [0.1, 0.15) is 89.6 Å². The van der Waals surface area contributed by atoms with Crippen LogP contribution in [0.25, 0.3) is 10.9 Å². The third-order valence-electron chi connectivity index (χ3n) is 8.15. The first-order valence-corrected chi connectivity index (χ1v) is 16.5. The number of ether oxygens (including phenoxy) is 4. The van der Waals surface area contributed by atoms with Crippen molar-refractivity contribution in [2.45, 2.75) is 97.6 Å². The number of carbonyl (C=O) groups is 3. The van der Waals surface area contributed by atoms with Crippen LogP contribution >= 0.6 is 0 Å². The van der Waals surface area contributed by atoms with Crippen molar-refractivity contribution >= 4 is 28.6 Å². The molecule has 2 aromatic carbocycles. The molecule has 272 valence electrons. The third kappa shape index (κ3) is 10.1. The minimum absolute atomic E-state index is 0.0732. The van der Waals surface area contributed by atoms with E-state index in [1.807, 2.05) is 0 Å². The number of fused-ring (bicyclic) bond motifs is 1. The number of benzene rings is 2. The molecule has 4 rings (SSSR count). The number of hydrogen-bond acceptors (Lipinski definition) is 10. The van der Waals surface area contributed by atoms with Crippen LogP contribution in [-0.4, -0.2) is 63.7 Å². The van der Waals surface area contributed by atoms with Gasteiger partial charge in [0, 0.05) is 31.7 Å². The second kappa shape index (κ2) is 15.3. The number of esters is 2. The molecule has 0 bridgehead atoms. The zero-order valence-electron chi connectivity index (χ0n) is 29.2. The van der Waals surface area contributed by atoms with Crippen LogP contribution in [0.15, 0.2) is 47.3 Å². The van der Waals surface area contributed by atoms with Gasteiger partial charge in [-0.2, -0.15) is 13.2 Å². The van der Waals surface area contributed by atoms with E-state index in [0.29, 0.717) is 24.3 Å². The van der Waals surface area contributed by atoms with Crippen molar-refractivity contribution < 1.29 is 46.5 Å². The summed E-state index contributed by atoms with van der Waals surface area (Å²) < 4.78 is 63.6. The number of Topliss-reactive ketones (excluding diaryl/α,β-unsaturated/α-hetero) is 1. The molecule has 1 fully saturated rings. The number of rotatable bonds is 12. The summed E-state index contributed by atoms with van der Waals surface area (Å²) in [6, 6.07) is 8.79. The number of aromatic nitrogens is 3. The van der Waals surface area contributed by atoms with Gasteiger partial charge < -0.3 is 18.9 Å². The third-order valence-corrected chi connectivity index (χ3v) is 8.15. The fourth-order valence-corrected chi connectivity index (χ4v) is 5.46. The van der Waals surface area contributed by atoms with Gasteiger partial charge in [-0.1, -0.05) is 5.21 Å². The predicted octanol–water partition coefficient (Wildman–Crippen LogP) is 6.34. The number of ketones is 1. The Morgan fingerprint density at radius 2 is 1.50 bits per heavy atom. The largest absolute Gasteiger partial charge is 0.494 e. The highest BCUT2D eigenvalue weighted by molar-refractivity contribution is 6.07. The van der Waals surface area contributed by atoms with Crippen LogP contribution in [0.2, 0.25) is 0 Å². The highest BCUT2D eigenvalue weighted by Crippen LogP contribution is 2.36. The van der Waals surface area contributed by atoms with Crippen molar-refractivity contribution in [2.75, 3.05) is 19.8 Å². The molecule has 1 aliphatic heterocycles. The second-order valence-corrected chi connectivity index (χ2v) is 14.5. The first-order valence-electron chi connectivity index (χ1n) is 16.5. The van der Waals surface area contributed by atoms with Crippen LogP contribution in [0, 0.1) is 11.3 Å². The topological polar surface area (TPSA) is 136 Å². The molecular formula is C36H44F3N3O8. The molecule has 11 nitrogen and oxygen atoms in total. The van der Waals surface area contributed by atoms with E-state index in [0.717, 1.165) is 49.3 Å². The van der Waals surface area contributed by atoms with Gasteiger partial charge in [-0.15, -0.1) is 5.10 Å². The molecule has 1 saturated heterocycles. The lowest BCUT2D eigenvalue weighted by Gasteiger charge is -2.34. The molecular weight excluding hydrogens is 659 g/mol. The Hall–Kier alpha value is -4.33. The minimum Gasteiger partial charge on any atom is -0.494 e. The molecule has 0 amide bonds. The number of aryl methyl sites for hydroxylation is 1. The molecule has 0 unspecified atom stereocenters. The molecule has 14 heteroatoms. The maximum atomic E-state index is 14.0. The Morgan fingerprint density at radius 3 is 2.06 bits per heavy atom. The Kier molecular flexibility index (Phi) is 11.8. The molecule has 0 radical (unpaired) electrons. The molecule has 3 aromatic rings. The first-order chi connectivity index (χ1) is 23.3. The fraction of sp³-hybridized carbons (Fsp3) is 0.556. The second-order valence-electron chi connectivity index (χ2n) is 14.5. The number of carbonyl (C=O) groups excluding carboxylic acids is 3. The summed E-state index contributed by atoms with van der Waals surface area (Å²) in [6.07, 6.45) is -3.10. The Morgan fingerprint density at radius 1 is 0.900 bits per heavy atom. The minimum atomic E-state index is -4.72. The number of nitrogens with zero attached hydrogens (tertiary/aromatic N) is 3. The predicted molar refractivity (Wildman–Crippen MR) is 177 cm³/mol. The number of halogens is 3. The van der Waals surface area contributed by atoms with Gasteiger partial charge in [-0.05, 0) is 116 Å². The SMILES string of the molecule is CC(C)(C)OC(=O)C(CCn1nnc2ccc(C(F)(F)F)cc2c1=O)(CC(=O)c1ccc(OCCC2CCOCC2)cc1)C(=O)OC(C)(C)C. The molecule has 0 spiro atoms. The Bertz CT molecular complexity index is 1710. The van der Waals surface area contributed by atoms with E-state index >= 15 is 0 Å². The monoisotopic (exact) mass is 703 g/mol. The van der Waals surface area contributed by atoms with Gasteiger partial charge in [0.05, 0.1) is 17.6 Å². The van der Waals surface area contributed by atoms with Crippen LogP contribution in [0.3, 0.4) is 0 Å². The molecule has 0 N–H and O–H groups in total. The van der Waals surface area contributed by atoms with E-state index in [1.165, 1.54) is 12.1 Å². The molecule has 0 aliphatic carbocycles. The van der Waals surface area contributed by atoms with Crippen LogP contribution in [-0.2, 0) is 36.5 Å². The zero-order valence-corrected chi connectivity index (χ0v) is 29.2. The highest BCUT2D eigenvalue weighted by Gasteiger charge is 2.52. The van der Waals surface area contributed by atoms with E-state index in [1.54, 1.807) is 53.7 Å². The quantitative estimate of drug-likeness (QED) is 0.119. The summed E-state index contributed by atoms with van der Waals surface area (Å²) in [5.74, 6) is -1.67. The summed E-state index contributed by atoms with van der Waals surface area (Å²) in [4.78, 5) is 55.2. The maximum Gasteiger partial charge on any atom is 0.416 e. The van der Waals surface area contributed by atoms with Crippen molar-refractivity contribution in [2.24, 2.45) is 11.3 Å².